The summed E-state index contributed by atoms with van der Waals surface area (Å²) in [5.74, 6) is -4.36. The van der Waals surface area contributed by atoms with Crippen molar-refractivity contribution in [2.24, 2.45) is 28.8 Å². The molecule has 3 saturated heterocycles. The van der Waals surface area contributed by atoms with Gasteiger partial charge < -0.3 is 68.6 Å². The fraction of sp³-hybridized carbons (Fsp3) is 0.774. The van der Waals surface area contributed by atoms with Gasteiger partial charge >= 0.3 is 5.97 Å². The number of aliphatic hydroxyl groups is 4. The Morgan fingerprint density at radius 3 is 2.38 bits per heavy atom. The first kappa shape index (κ1) is 61.1. The van der Waals surface area contributed by atoms with E-state index in [4.69, 9.17) is 38.0 Å². The number of carbonyl (C=O) groups is 1. The zero-order valence-electron chi connectivity index (χ0n) is 45.7. The minimum atomic E-state index is -1.99. The van der Waals surface area contributed by atoms with Gasteiger partial charge in [-0.2, -0.15) is 0 Å². The molecule has 0 bridgehead atoms. The third-order valence-corrected chi connectivity index (χ3v) is 15.5. The Morgan fingerprint density at radius 2 is 1.72 bits per heavy atom. The molecule has 0 aliphatic carbocycles. The maximum atomic E-state index is 14.6. The number of nitrogens with zero attached hydrogens (tertiary/aromatic N) is 5. The van der Waals surface area contributed by atoms with E-state index in [0.29, 0.717) is 37.3 Å². The number of halogens is 2. The zero-order valence-corrected chi connectivity index (χ0v) is 45.7. The fourth-order valence-corrected chi connectivity index (χ4v) is 10.8. The number of hydrogen-bond donors (Lipinski definition) is 5. The van der Waals surface area contributed by atoms with E-state index in [2.05, 4.69) is 20.8 Å². The van der Waals surface area contributed by atoms with Crippen LogP contribution in [0.3, 0.4) is 0 Å². The second-order valence-corrected chi connectivity index (χ2v) is 21.4. The second-order valence-electron chi connectivity index (χ2n) is 21.4. The van der Waals surface area contributed by atoms with E-state index in [9.17, 15) is 34.0 Å². The summed E-state index contributed by atoms with van der Waals surface area (Å²) in [4.78, 5) is 22.3. The number of likely N-dealkylation sites (N-methyl/N-ethyl adjacent to an activating group) is 1. The molecule has 2 aromatic rings. The van der Waals surface area contributed by atoms with Gasteiger partial charge in [-0.25, -0.2) is 9.07 Å². The number of ether oxygens (including phenoxy) is 7. The van der Waals surface area contributed by atoms with Gasteiger partial charge in [0.2, 0.25) is 0 Å². The molecule has 1 aromatic carbocycles. The van der Waals surface area contributed by atoms with Gasteiger partial charge in [0.15, 0.2) is 12.6 Å². The summed E-state index contributed by atoms with van der Waals surface area (Å²) < 4.78 is 73.7. The largest absolute Gasteiger partial charge is 0.459 e. The maximum absolute atomic E-state index is 14.6. The molecule has 0 spiro atoms. The molecule has 5 N–H and O–H groups in total. The fourth-order valence-electron chi connectivity index (χ4n) is 10.8. The number of esters is 1. The first-order valence-electron chi connectivity index (χ1n) is 26.1. The third-order valence-electron chi connectivity index (χ3n) is 15.5. The number of methoxy groups -OCH3 is 2. The number of aliphatic hydroxyl groups excluding tert-OH is 3. The Balaban J connectivity index is 1.49. The summed E-state index contributed by atoms with van der Waals surface area (Å²) in [6.45, 7) is 17.7. The third kappa shape index (κ3) is 15.0. The lowest BCUT2D eigenvalue weighted by atomic mass is 9.73. The lowest BCUT2D eigenvalue weighted by molar-refractivity contribution is -0.319. The van der Waals surface area contributed by atoms with Gasteiger partial charge in [-0.3, -0.25) is 9.18 Å². The van der Waals surface area contributed by atoms with Crippen molar-refractivity contribution in [2.45, 2.75) is 192 Å². The van der Waals surface area contributed by atoms with Crippen LogP contribution in [0.15, 0.2) is 41.7 Å². The standard InChI is InChI=1S/C53H86F2N6O13/c1-14-41-53(10,66)46(63)33(4)43(58-69-25-16-21-54)31(2)28-52(9,68-13)48(34(5)45(35(6)49(65)72-41)73-42-29-51(8,67-12)47(64)36(7)71-42)74-50-44(62)40(26-32(3)70-50)60(11)24-20-39-30-61(59-57-39)23-17-22-56-38-19-15-18-37(55)27-38/h15,17-19,23,27,30-36,40-42,44-48,50,56,62-64,66H,14,16,20-22,24-26,28-29H2,1-13H3/b23-17-,58-43-/t31-,32-,33+,34+,35-,36+,40+,41-,42+,44-,45+,46-,47+,48-,50+,51-,52-,53-/m1/s1. The van der Waals surface area contributed by atoms with Crippen molar-refractivity contribution >= 4 is 23.6 Å². The van der Waals surface area contributed by atoms with Gasteiger partial charge in [0, 0.05) is 82.3 Å². The van der Waals surface area contributed by atoms with Crippen LogP contribution in [0, 0.1) is 29.5 Å². The monoisotopic (exact) mass is 1050 g/mol. The van der Waals surface area contributed by atoms with E-state index in [-0.39, 0.29) is 44.2 Å². The topological polar surface area (TPSA) is 230 Å². The molecule has 0 radical (unpaired) electrons. The number of aromatic nitrogens is 3. The molecule has 3 aliphatic heterocycles. The predicted molar refractivity (Wildman–Crippen MR) is 273 cm³/mol. The first-order chi connectivity index (χ1) is 34.9. The summed E-state index contributed by atoms with van der Waals surface area (Å²) in [6, 6.07) is 5.77. The molecule has 3 aliphatic rings. The number of anilines is 1. The van der Waals surface area contributed by atoms with Crippen molar-refractivity contribution in [1.29, 1.82) is 0 Å². The van der Waals surface area contributed by atoms with Crippen LogP contribution in [0.4, 0.5) is 14.5 Å². The quantitative estimate of drug-likeness (QED) is 0.0662. The van der Waals surface area contributed by atoms with Crippen molar-refractivity contribution in [3.8, 4) is 0 Å². The Kier molecular flexibility index (Phi) is 22.3. The van der Waals surface area contributed by atoms with E-state index in [0.717, 1.165) is 5.69 Å². The molecule has 420 valence electrons. The van der Waals surface area contributed by atoms with Gasteiger partial charge in [0.05, 0.1) is 71.9 Å². The van der Waals surface area contributed by atoms with E-state index in [1.807, 2.05) is 51.9 Å². The molecule has 19 nitrogen and oxygen atoms in total. The highest BCUT2D eigenvalue weighted by molar-refractivity contribution is 5.88. The molecule has 0 unspecified atom stereocenters. The highest BCUT2D eigenvalue weighted by atomic mass is 19.1. The Labute approximate surface area is 436 Å². The lowest BCUT2D eigenvalue weighted by Gasteiger charge is -2.50. The van der Waals surface area contributed by atoms with E-state index < -0.39 is 114 Å². The van der Waals surface area contributed by atoms with Crippen LogP contribution in [0.2, 0.25) is 0 Å². The van der Waals surface area contributed by atoms with E-state index in [1.54, 1.807) is 57.6 Å². The Hall–Kier alpha value is -3.74. The van der Waals surface area contributed by atoms with Crippen molar-refractivity contribution in [3.05, 3.63) is 48.0 Å². The molecule has 3 fully saturated rings. The molecule has 5 rings (SSSR count). The minimum absolute atomic E-state index is 0.0378. The van der Waals surface area contributed by atoms with Crippen LogP contribution < -0.4 is 5.32 Å². The molecular weight excluding hydrogens is 967 g/mol. The smallest absolute Gasteiger partial charge is 0.311 e. The summed E-state index contributed by atoms with van der Waals surface area (Å²) in [5, 5.41) is 63.8. The molecule has 1 aromatic heterocycles. The van der Waals surface area contributed by atoms with Crippen LogP contribution >= 0.6 is 0 Å². The molecule has 0 saturated carbocycles. The average Bonchev–Trinajstić information content (AvgIpc) is 3.83. The van der Waals surface area contributed by atoms with Crippen LogP contribution in [0.5, 0.6) is 0 Å². The van der Waals surface area contributed by atoms with Crippen LogP contribution in [0.1, 0.15) is 107 Å². The van der Waals surface area contributed by atoms with Gasteiger partial charge in [0.25, 0.3) is 0 Å². The number of hydrogen-bond acceptors (Lipinski definition) is 18. The molecule has 21 heteroatoms. The normalized spacial score (nSPS) is 38.5. The molecule has 18 atom stereocenters. The zero-order chi connectivity index (χ0) is 54.7. The van der Waals surface area contributed by atoms with Crippen LogP contribution in [-0.4, -0.2) is 184 Å². The Bertz CT molecular complexity index is 2120. The summed E-state index contributed by atoms with van der Waals surface area (Å²) in [5.41, 5.74) is -2.66. The first-order valence-corrected chi connectivity index (χ1v) is 26.1. The van der Waals surface area contributed by atoms with Crippen molar-refractivity contribution in [3.63, 3.8) is 0 Å². The number of oxime groups is 1. The lowest BCUT2D eigenvalue weighted by Crippen LogP contribution is -2.61. The average molecular weight is 1050 g/mol. The van der Waals surface area contributed by atoms with Gasteiger partial charge in [-0.05, 0) is 92.1 Å². The number of alkyl halides is 1. The van der Waals surface area contributed by atoms with Crippen molar-refractivity contribution < 1.29 is 72.0 Å². The number of cyclic esters (lactones) is 1. The number of nitrogens with one attached hydrogen (secondary N) is 1. The van der Waals surface area contributed by atoms with E-state index >= 15 is 0 Å². The maximum Gasteiger partial charge on any atom is 0.311 e. The number of carbonyl (C=O) groups excluding carboxylic acids is 1. The number of rotatable bonds is 19. The number of benzene rings is 1. The van der Waals surface area contributed by atoms with Gasteiger partial charge in [0.1, 0.15) is 36.3 Å². The summed E-state index contributed by atoms with van der Waals surface area (Å²) in [7, 11) is 4.94. The summed E-state index contributed by atoms with van der Waals surface area (Å²) >= 11 is 0. The van der Waals surface area contributed by atoms with Gasteiger partial charge in [-0.1, -0.05) is 44.1 Å². The highest BCUT2D eigenvalue weighted by Crippen LogP contribution is 2.42. The minimum Gasteiger partial charge on any atom is -0.459 e. The summed E-state index contributed by atoms with van der Waals surface area (Å²) in [6.07, 6.45) is -3.56. The second kappa shape index (κ2) is 27.0. The van der Waals surface area contributed by atoms with Gasteiger partial charge in [-0.15, -0.1) is 5.10 Å². The van der Waals surface area contributed by atoms with Crippen LogP contribution in [-0.2, 0) is 49.2 Å². The van der Waals surface area contributed by atoms with Crippen LogP contribution in [0.25, 0.3) is 6.20 Å². The van der Waals surface area contributed by atoms with Crippen molar-refractivity contribution in [2.75, 3.05) is 53.0 Å². The van der Waals surface area contributed by atoms with Crippen molar-refractivity contribution in [1.82, 2.24) is 19.9 Å². The molecule has 74 heavy (non-hydrogen) atoms. The molecular formula is C53H86F2N6O13. The molecule has 4 heterocycles. The highest BCUT2D eigenvalue weighted by Gasteiger charge is 2.54. The Morgan fingerprint density at radius 1 is 1.00 bits per heavy atom. The SMILES string of the molecule is CC[C@H]1OC(=O)[C@H](C)[C@@H](O[C@H]2C[C@@](C)(OC)[C@@H](O)[C@H](C)O2)[C@H](C)[C@@H](O[C@@H]2O[C@H](C)C[C@H](N(C)CCc3cn(/C=C\CNc4cccc(F)c4)nn3)[C@H]2O)[C@](C)(OC)C[C@@H](C)/C(=N/OCCCF)[C@H](C)[C@@H](O)[C@]1(C)O. The predicted octanol–water partition coefficient (Wildman–Crippen LogP) is 5.53. The molecule has 0 amide bonds. The van der Waals surface area contributed by atoms with E-state index in [1.165, 1.54) is 33.3 Å².